The van der Waals surface area contributed by atoms with E-state index < -0.39 is 6.11 Å². The molecule has 0 spiro atoms. The Morgan fingerprint density at radius 3 is 2.87 bits per heavy atom. The van der Waals surface area contributed by atoms with Gasteiger partial charge in [0.2, 0.25) is 0 Å². The molecule has 1 aromatic rings. The van der Waals surface area contributed by atoms with Crippen molar-refractivity contribution < 1.29 is 13.5 Å². The molecule has 0 aromatic heterocycles. The number of rotatable bonds is 2. The molecule has 0 unspecified atom stereocenters. The first-order valence-corrected chi connectivity index (χ1v) is 4.94. The minimum Gasteiger partial charge on any atom is -0.433 e. The highest BCUT2D eigenvalue weighted by Crippen LogP contribution is 2.25. The predicted octanol–water partition coefficient (Wildman–Crippen LogP) is 2.32. The highest BCUT2D eigenvalue weighted by molar-refractivity contribution is 5.37. The van der Waals surface area contributed by atoms with Crippen LogP contribution in [0.3, 0.4) is 0 Å². The van der Waals surface area contributed by atoms with E-state index in [1.807, 2.05) is 6.07 Å². The molecule has 1 heterocycles. The van der Waals surface area contributed by atoms with E-state index in [0.29, 0.717) is 0 Å². The lowest BCUT2D eigenvalue weighted by molar-refractivity contribution is -0.159. The summed E-state index contributed by atoms with van der Waals surface area (Å²) < 4.78 is 29.7. The molecule has 0 saturated carbocycles. The Morgan fingerprint density at radius 2 is 2.13 bits per heavy atom. The average molecular weight is 213 g/mol. The van der Waals surface area contributed by atoms with Gasteiger partial charge in [0.1, 0.15) is 5.75 Å². The van der Waals surface area contributed by atoms with Crippen molar-refractivity contribution >= 4 is 0 Å². The van der Waals surface area contributed by atoms with E-state index in [9.17, 15) is 8.78 Å². The van der Waals surface area contributed by atoms with Gasteiger partial charge in [0.15, 0.2) is 0 Å². The van der Waals surface area contributed by atoms with Crippen LogP contribution in [-0.4, -0.2) is 12.7 Å². The summed E-state index contributed by atoms with van der Waals surface area (Å²) in [6.07, 6.45) is -2.17. The predicted molar refractivity (Wildman–Crippen MR) is 53.1 cm³/mol. The molecule has 0 amide bonds. The maximum atomic E-state index is 12.6. The number of alkyl halides is 2. The van der Waals surface area contributed by atoms with Crippen molar-refractivity contribution in [2.24, 2.45) is 0 Å². The van der Waals surface area contributed by atoms with Crippen LogP contribution in [0.2, 0.25) is 0 Å². The minimum absolute atomic E-state index is 0.227. The second-order valence-corrected chi connectivity index (χ2v) is 3.77. The van der Waals surface area contributed by atoms with Crippen molar-refractivity contribution in [3.05, 3.63) is 29.3 Å². The zero-order valence-corrected chi connectivity index (χ0v) is 8.52. The molecule has 0 saturated heterocycles. The molecule has 0 radical (unpaired) electrons. The molecule has 1 aromatic carbocycles. The molecule has 2 rings (SSSR count). The van der Waals surface area contributed by atoms with Crippen molar-refractivity contribution in [1.82, 2.24) is 5.32 Å². The molecule has 1 aliphatic heterocycles. The fraction of sp³-hybridized carbons (Fsp3) is 0.455. The third-order valence-electron chi connectivity index (χ3n) is 2.36. The normalized spacial score (nSPS) is 15.9. The molecular formula is C11H13F2NO. The molecular weight excluding hydrogens is 200 g/mol. The first kappa shape index (κ1) is 10.4. The van der Waals surface area contributed by atoms with E-state index in [0.717, 1.165) is 32.0 Å². The number of hydrogen-bond donors (Lipinski definition) is 1. The number of halogens is 2. The van der Waals surface area contributed by atoms with Crippen LogP contribution in [0.1, 0.15) is 18.1 Å². The SMILES string of the molecule is CC(F)(F)Oc1ccc2c(c1)CNCC2. The van der Waals surface area contributed by atoms with E-state index in [2.05, 4.69) is 10.1 Å². The molecule has 82 valence electrons. The Balaban J connectivity index is 2.21. The van der Waals surface area contributed by atoms with Gasteiger partial charge in [-0.3, -0.25) is 0 Å². The van der Waals surface area contributed by atoms with E-state index in [1.165, 1.54) is 5.56 Å². The second-order valence-electron chi connectivity index (χ2n) is 3.77. The van der Waals surface area contributed by atoms with Gasteiger partial charge in [-0.15, -0.1) is 0 Å². The standard InChI is InChI=1S/C11H13F2NO/c1-11(12,13)15-10-3-2-8-4-5-14-7-9(8)6-10/h2-3,6,14H,4-5,7H2,1H3. The van der Waals surface area contributed by atoms with Gasteiger partial charge in [-0.1, -0.05) is 6.07 Å². The number of fused-ring (bicyclic) bond motifs is 1. The molecule has 0 atom stereocenters. The quantitative estimate of drug-likeness (QED) is 0.814. The number of ether oxygens (including phenoxy) is 1. The third-order valence-corrected chi connectivity index (χ3v) is 2.36. The van der Waals surface area contributed by atoms with Gasteiger partial charge in [-0.2, -0.15) is 8.78 Å². The minimum atomic E-state index is -3.11. The van der Waals surface area contributed by atoms with E-state index >= 15 is 0 Å². The van der Waals surface area contributed by atoms with Crippen molar-refractivity contribution in [3.8, 4) is 5.75 Å². The highest BCUT2D eigenvalue weighted by Gasteiger charge is 2.23. The van der Waals surface area contributed by atoms with Crippen molar-refractivity contribution in [3.63, 3.8) is 0 Å². The Labute approximate surface area is 87.2 Å². The summed E-state index contributed by atoms with van der Waals surface area (Å²) in [6, 6.07) is 5.14. The largest absolute Gasteiger partial charge is 0.433 e. The summed E-state index contributed by atoms with van der Waals surface area (Å²) in [5.74, 6) is 0.227. The molecule has 2 nitrogen and oxygen atoms in total. The van der Waals surface area contributed by atoms with Gasteiger partial charge >= 0.3 is 6.11 Å². The second kappa shape index (κ2) is 3.77. The van der Waals surface area contributed by atoms with Crippen LogP contribution in [0.4, 0.5) is 8.78 Å². The van der Waals surface area contributed by atoms with Gasteiger partial charge in [0.25, 0.3) is 0 Å². The van der Waals surface area contributed by atoms with Crippen molar-refractivity contribution in [1.29, 1.82) is 0 Å². The number of hydrogen-bond acceptors (Lipinski definition) is 2. The maximum absolute atomic E-state index is 12.6. The highest BCUT2D eigenvalue weighted by atomic mass is 19.3. The zero-order chi connectivity index (χ0) is 10.9. The van der Waals surface area contributed by atoms with Crippen LogP contribution in [0.25, 0.3) is 0 Å². The average Bonchev–Trinajstić information content (AvgIpc) is 2.15. The molecule has 1 N–H and O–H groups in total. The molecule has 4 heteroatoms. The van der Waals surface area contributed by atoms with Crippen LogP contribution >= 0.6 is 0 Å². The Bertz CT molecular complexity index is 360. The number of benzene rings is 1. The van der Waals surface area contributed by atoms with Gasteiger partial charge < -0.3 is 10.1 Å². The summed E-state index contributed by atoms with van der Waals surface area (Å²) in [6.45, 7) is 2.41. The lowest BCUT2D eigenvalue weighted by Crippen LogP contribution is -2.24. The van der Waals surface area contributed by atoms with Crippen LogP contribution in [-0.2, 0) is 13.0 Å². The van der Waals surface area contributed by atoms with Crippen LogP contribution < -0.4 is 10.1 Å². The Hall–Kier alpha value is -1.16. The summed E-state index contributed by atoms with van der Waals surface area (Å²) in [5.41, 5.74) is 2.25. The summed E-state index contributed by atoms with van der Waals surface area (Å²) in [4.78, 5) is 0. The van der Waals surface area contributed by atoms with Crippen molar-refractivity contribution in [2.45, 2.75) is 26.0 Å². The van der Waals surface area contributed by atoms with E-state index in [4.69, 9.17) is 0 Å². The molecule has 15 heavy (non-hydrogen) atoms. The first-order valence-electron chi connectivity index (χ1n) is 4.94. The van der Waals surface area contributed by atoms with Gasteiger partial charge in [-0.25, -0.2) is 0 Å². The maximum Gasteiger partial charge on any atom is 0.394 e. The lowest BCUT2D eigenvalue weighted by Gasteiger charge is -2.19. The fourth-order valence-electron chi connectivity index (χ4n) is 1.73. The lowest BCUT2D eigenvalue weighted by atomic mass is 10.0. The van der Waals surface area contributed by atoms with Gasteiger partial charge in [-0.05, 0) is 36.2 Å². The smallest absolute Gasteiger partial charge is 0.394 e. The van der Waals surface area contributed by atoms with Crippen molar-refractivity contribution in [2.75, 3.05) is 6.54 Å². The topological polar surface area (TPSA) is 21.3 Å². The van der Waals surface area contributed by atoms with E-state index in [-0.39, 0.29) is 5.75 Å². The third kappa shape index (κ3) is 2.65. The fourth-order valence-corrected chi connectivity index (χ4v) is 1.73. The monoisotopic (exact) mass is 213 g/mol. The van der Waals surface area contributed by atoms with Gasteiger partial charge in [0, 0.05) is 13.5 Å². The zero-order valence-electron chi connectivity index (χ0n) is 8.52. The van der Waals surface area contributed by atoms with Crippen LogP contribution in [0.5, 0.6) is 5.75 Å². The molecule has 0 fully saturated rings. The van der Waals surface area contributed by atoms with Crippen LogP contribution in [0.15, 0.2) is 18.2 Å². The summed E-state index contributed by atoms with van der Waals surface area (Å²) >= 11 is 0. The Morgan fingerprint density at radius 1 is 1.33 bits per heavy atom. The summed E-state index contributed by atoms with van der Waals surface area (Å²) in [5, 5.41) is 3.19. The molecule has 0 aliphatic carbocycles. The summed E-state index contributed by atoms with van der Waals surface area (Å²) in [7, 11) is 0. The molecule has 1 aliphatic rings. The van der Waals surface area contributed by atoms with E-state index in [1.54, 1.807) is 12.1 Å². The van der Waals surface area contributed by atoms with Crippen LogP contribution in [0, 0.1) is 0 Å². The first-order chi connectivity index (χ1) is 7.04. The number of nitrogens with one attached hydrogen (secondary N) is 1. The molecule has 0 bridgehead atoms. The Kier molecular flexibility index (Phi) is 2.61. The van der Waals surface area contributed by atoms with Gasteiger partial charge in [0.05, 0.1) is 0 Å².